The normalized spacial score (nSPS) is 10.8. The second-order valence-electron chi connectivity index (χ2n) is 5.35. The van der Waals surface area contributed by atoms with E-state index in [1.165, 1.54) is 17.8 Å². The number of rotatable bonds is 6. The topological polar surface area (TPSA) is 74.8 Å². The number of carbonyl (C=O) groups is 1. The lowest BCUT2D eigenvalue weighted by Gasteiger charge is -2.07. The van der Waals surface area contributed by atoms with Crippen molar-refractivity contribution < 1.29 is 9.18 Å². The Morgan fingerprint density at radius 1 is 1.12 bits per heavy atom. The van der Waals surface area contributed by atoms with Crippen molar-refractivity contribution in [3.8, 4) is 0 Å². The van der Waals surface area contributed by atoms with E-state index in [0.29, 0.717) is 34.4 Å². The third-order valence-corrected chi connectivity index (χ3v) is 4.67. The predicted molar refractivity (Wildman–Crippen MR) is 97.3 cm³/mol. The zero-order chi connectivity index (χ0) is 17.6. The van der Waals surface area contributed by atoms with Crippen LogP contribution in [0.2, 0.25) is 0 Å². The van der Waals surface area contributed by atoms with Crippen LogP contribution in [-0.2, 0) is 5.75 Å². The summed E-state index contributed by atoms with van der Waals surface area (Å²) in [4.78, 5) is 24.0. The van der Waals surface area contributed by atoms with Gasteiger partial charge < -0.3 is 5.32 Å². The van der Waals surface area contributed by atoms with E-state index in [-0.39, 0.29) is 23.0 Å². The van der Waals surface area contributed by atoms with Gasteiger partial charge in [-0.25, -0.2) is 9.49 Å². The van der Waals surface area contributed by atoms with Gasteiger partial charge in [0.2, 0.25) is 0 Å². The van der Waals surface area contributed by atoms with Crippen molar-refractivity contribution in [2.45, 2.75) is 5.75 Å². The third kappa shape index (κ3) is 4.06. The summed E-state index contributed by atoms with van der Waals surface area (Å²) in [6, 6.07) is 13.5. The lowest BCUT2D eigenvalue weighted by Crippen LogP contribution is -2.28. The molecule has 3 rings (SSSR count). The second-order valence-corrected chi connectivity index (χ2v) is 6.45. The number of halogens is 1. The maximum atomic E-state index is 13.5. The molecule has 0 aliphatic rings. The summed E-state index contributed by atoms with van der Waals surface area (Å²) in [5, 5.41) is 9.92. The Morgan fingerprint density at radius 3 is 2.64 bits per heavy atom. The fraction of sp³-hybridized carbons (Fsp3) is 0.167. The Bertz CT molecular complexity index is 958. The second kappa shape index (κ2) is 7.94. The minimum absolute atomic E-state index is 0.189. The summed E-state index contributed by atoms with van der Waals surface area (Å²) in [5.74, 6) is 0.617. The number of nitrogens with zero attached hydrogens (tertiary/aromatic N) is 1. The van der Waals surface area contributed by atoms with Crippen LogP contribution >= 0.6 is 11.8 Å². The number of fused-ring (bicyclic) bond motifs is 1. The molecule has 2 N–H and O–H groups in total. The van der Waals surface area contributed by atoms with Gasteiger partial charge in [0, 0.05) is 23.4 Å². The number of hydrogen-bond acceptors (Lipinski definition) is 4. The van der Waals surface area contributed by atoms with Gasteiger partial charge in [0.25, 0.3) is 11.5 Å². The van der Waals surface area contributed by atoms with E-state index in [1.807, 2.05) is 0 Å². The highest BCUT2D eigenvalue weighted by Crippen LogP contribution is 2.15. The SMILES string of the molecule is O=C(NCCSCc1ccccc1F)c1n[nH]c(=O)c2ccccc12. The molecule has 0 radical (unpaired) electrons. The van der Waals surface area contributed by atoms with Crippen LogP contribution < -0.4 is 10.9 Å². The monoisotopic (exact) mass is 357 g/mol. The van der Waals surface area contributed by atoms with Gasteiger partial charge in [-0.1, -0.05) is 36.4 Å². The highest BCUT2D eigenvalue weighted by Gasteiger charge is 2.13. The van der Waals surface area contributed by atoms with Crippen LogP contribution in [0, 0.1) is 5.82 Å². The zero-order valence-corrected chi connectivity index (χ0v) is 14.1. The molecule has 128 valence electrons. The Labute approximate surface area is 147 Å². The molecule has 7 heteroatoms. The quantitative estimate of drug-likeness (QED) is 0.665. The molecule has 0 unspecified atom stereocenters. The Balaban J connectivity index is 1.56. The van der Waals surface area contributed by atoms with Crippen LogP contribution in [0.4, 0.5) is 4.39 Å². The fourth-order valence-corrected chi connectivity index (χ4v) is 3.25. The number of nitrogens with one attached hydrogen (secondary N) is 2. The largest absolute Gasteiger partial charge is 0.350 e. The first-order valence-electron chi connectivity index (χ1n) is 7.73. The molecule has 25 heavy (non-hydrogen) atoms. The third-order valence-electron chi connectivity index (χ3n) is 3.66. The van der Waals surface area contributed by atoms with E-state index >= 15 is 0 Å². The lowest BCUT2D eigenvalue weighted by molar-refractivity contribution is 0.0952. The van der Waals surface area contributed by atoms with Crippen molar-refractivity contribution >= 4 is 28.4 Å². The van der Waals surface area contributed by atoms with Crippen LogP contribution in [-0.4, -0.2) is 28.4 Å². The molecule has 1 amide bonds. The van der Waals surface area contributed by atoms with Crippen molar-refractivity contribution in [1.29, 1.82) is 0 Å². The molecule has 0 saturated carbocycles. The number of aromatic amines is 1. The molecule has 5 nitrogen and oxygen atoms in total. The van der Waals surface area contributed by atoms with Gasteiger partial charge in [0.1, 0.15) is 5.82 Å². The van der Waals surface area contributed by atoms with Crippen LogP contribution in [0.25, 0.3) is 10.8 Å². The van der Waals surface area contributed by atoms with Crippen LogP contribution in [0.5, 0.6) is 0 Å². The molecular formula is C18H16FN3O2S. The number of aromatic nitrogens is 2. The van der Waals surface area contributed by atoms with Crippen LogP contribution in [0.1, 0.15) is 16.1 Å². The van der Waals surface area contributed by atoms with Crippen molar-refractivity contribution in [2.24, 2.45) is 0 Å². The molecule has 0 aliphatic heterocycles. The van der Waals surface area contributed by atoms with E-state index in [2.05, 4.69) is 15.5 Å². The average Bonchev–Trinajstić information content (AvgIpc) is 2.63. The van der Waals surface area contributed by atoms with Gasteiger partial charge in [-0.15, -0.1) is 0 Å². The minimum atomic E-state index is -0.348. The fourth-order valence-electron chi connectivity index (χ4n) is 2.41. The average molecular weight is 357 g/mol. The molecule has 0 spiro atoms. The summed E-state index contributed by atoms with van der Waals surface area (Å²) in [5.41, 5.74) is 0.508. The first kappa shape index (κ1) is 17.2. The smallest absolute Gasteiger partial charge is 0.272 e. The van der Waals surface area contributed by atoms with Crippen molar-refractivity contribution in [1.82, 2.24) is 15.5 Å². The van der Waals surface area contributed by atoms with Gasteiger partial charge in [-0.05, 0) is 17.7 Å². The standard InChI is InChI=1S/C18H16FN3O2S/c19-15-8-4-1-5-12(15)11-25-10-9-20-18(24)16-13-6-2-3-7-14(13)17(23)22-21-16/h1-8H,9-11H2,(H,20,24)(H,22,23). The summed E-state index contributed by atoms with van der Waals surface area (Å²) < 4.78 is 13.5. The van der Waals surface area contributed by atoms with Gasteiger partial charge in [-0.2, -0.15) is 16.9 Å². The van der Waals surface area contributed by atoms with Crippen LogP contribution in [0.15, 0.2) is 53.3 Å². The summed E-state index contributed by atoms with van der Waals surface area (Å²) >= 11 is 1.53. The molecule has 1 aromatic heterocycles. The number of H-pyrrole nitrogens is 1. The minimum Gasteiger partial charge on any atom is -0.350 e. The van der Waals surface area contributed by atoms with Gasteiger partial charge in [0.05, 0.1) is 5.39 Å². The number of carbonyl (C=O) groups excluding carboxylic acids is 1. The molecule has 0 bridgehead atoms. The summed E-state index contributed by atoms with van der Waals surface area (Å²) in [6.07, 6.45) is 0. The van der Waals surface area contributed by atoms with E-state index < -0.39 is 0 Å². The number of hydrogen-bond donors (Lipinski definition) is 2. The lowest BCUT2D eigenvalue weighted by atomic mass is 10.1. The summed E-state index contributed by atoms with van der Waals surface area (Å²) in [7, 11) is 0. The molecule has 3 aromatic rings. The van der Waals surface area contributed by atoms with Gasteiger partial charge >= 0.3 is 0 Å². The molecule has 1 heterocycles. The molecule has 0 atom stereocenters. The maximum absolute atomic E-state index is 13.5. The van der Waals surface area contributed by atoms with E-state index in [9.17, 15) is 14.0 Å². The Morgan fingerprint density at radius 2 is 1.84 bits per heavy atom. The van der Waals surface area contributed by atoms with Crippen LogP contribution in [0.3, 0.4) is 0 Å². The highest BCUT2D eigenvalue weighted by molar-refractivity contribution is 7.98. The Hall–Kier alpha value is -2.67. The van der Waals surface area contributed by atoms with Crippen molar-refractivity contribution in [3.63, 3.8) is 0 Å². The number of amides is 1. The van der Waals surface area contributed by atoms with Crippen molar-refractivity contribution in [3.05, 3.63) is 76.0 Å². The molecule has 0 saturated heterocycles. The zero-order valence-electron chi connectivity index (χ0n) is 13.3. The van der Waals surface area contributed by atoms with E-state index in [0.717, 1.165) is 0 Å². The van der Waals surface area contributed by atoms with Crippen molar-refractivity contribution in [2.75, 3.05) is 12.3 Å². The first-order valence-corrected chi connectivity index (χ1v) is 8.89. The van der Waals surface area contributed by atoms with Gasteiger partial charge in [-0.3, -0.25) is 9.59 Å². The number of benzene rings is 2. The number of thioether (sulfide) groups is 1. The molecule has 2 aromatic carbocycles. The van der Waals surface area contributed by atoms with E-state index in [1.54, 1.807) is 42.5 Å². The molecular weight excluding hydrogens is 341 g/mol. The summed E-state index contributed by atoms with van der Waals surface area (Å²) in [6.45, 7) is 0.424. The van der Waals surface area contributed by atoms with E-state index in [4.69, 9.17) is 0 Å². The maximum Gasteiger partial charge on any atom is 0.272 e. The highest BCUT2D eigenvalue weighted by atomic mass is 32.2. The Kier molecular flexibility index (Phi) is 5.45. The first-order chi connectivity index (χ1) is 12.2. The van der Waals surface area contributed by atoms with Gasteiger partial charge in [0.15, 0.2) is 5.69 Å². The molecule has 0 fully saturated rings. The molecule has 0 aliphatic carbocycles. The predicted octanol–water partition coefficient (Wildman–Crippen LogP) is 2.73.